The van der Waals surface area contributed by atoms with Gasteiger partial charge in [-0.3, -0.25) is 4.79 Å². The number of benzene rings is 1. The number of aryl methyl sites for hydroxylation is 1. The molecule has 2 heterocycles. The van der Waals surface area contributed by atoms with Gasteiger partial charge in [-0.1, -0.05) is 18.2 Å². The van der Waals surface area contributed by atoms with E-state index in [1.807, 2.05) is 36.2 Å². The fourth-order valence-electron chi connectivity index (χ4n) is 2.81. The molecule has 0 radical (unpaired) electrons. The maximum Gasteiger partial charge on any atom is 0.232 e. The molecule has 2 atom stereocenters. The summed E-state index contributed by atoms with van der Waals surface area (Å²) in [6, 6.07) is 12.4. The highest BCUT2D eigenvalue weighted by Gasteiger charge is 2.32. The van der Waals surface area contributed by atoms with Gasteiger partial charge in [0.1, 0.15) is 0 Å². The fraction of sp³-hybridized carbons (Fsp3) is 0.353. The van der Waals surface area contributed by atoms with Crippen molar-refractivity contribution in [1.82, 2.24) is 4.90 Å². The summed E-state index contributed by atoms with van der Waals surface area (Å²) in [5, 5.41) is 3.32. The number of amides is 1. The minimum Gasteiger partial charge on any atom is -0.384 e. The standard InChI is InChI=1S/C17H20N2OS/c1-11-8-9-16(21-11)12(2)19(3)17(20)14-10-18-15-7-5-4-6-13(14)15/h4-9,12,14,18H,10H2,1-3H3. The Hall–Kier alpha value is -1.81. The van der Waals surface area contributed by atoms with Gasteiger partial charge < -0.3 is 10.2 Å². The molecule has 0 saturated carbocycles. The molecule has 2 aromatic rings. The molecule has 21 heavy (non-hydrogen) atoms. The first-order valence-corrected chi connectivity index (χ1v) is 8.05. The third kappa shape index (κ3) is 2.56. The first-order chi connectivity index (χ1) is 10.1. The maximum atomic E-state index is 12.8. The van der Waals surface area contributed by atoms with E-state index < -0.39 is 0 Å². The molecule has 1 amide bonds. The van der Waals surface area contributed by atoms with Crippen LogP contribution in [0.3, 0.4) is 0 Å². The Bertz CT molecular complexity index is 664. The van der Waals surface area contributed by atoms with E-state index in [9.17, 15) is 4.79 Å². The molecule has 4 heteroatoms. The van der Waals surface area contributed by atoms with Gasteiger partial charge in [0.05, 0.1) is 12.0 Å². The summed E-state index contributed by atoms with van der Waals surface area (Å²) in [6.45, 7) is 4.88. The Morgan fingerprint density at radius 1 is 1.33 bits per heavy atom. The number of thiophene rings is 1. The van der Waals surface area contributed by atoms with E-state index in [0.717, 1.165) is 11.3 Å². The second-order valence-corrected chi connectivity index (χ2v) is 6.91. The van der Waals surface area contributed by atoms with Crippen LogP contribution in [0, 0.1) is 6.92 Å². The van der Waals surface area contributed by atoms with Gasteiger partial charge >= 0.3 is 0 Å². The SMILES string of the molecule is Cc1ccc(C(C)N(C)C(=O)C2CNc3ccccc32)s1. The van der Waals surface area contributed by atoms with E-state index in [2.05, 4.69) is 31.3 Å². The Labute approximate surface area is 129 Å². The number of hydrogen-bond donors (Lipinski definition) is 1. The van der Waals surface area contributed by atoms with Gasteiger partial charge in [-0.25, -0.2) is 0 Å². The van der Waals surface area contributed by atoms with Crippen molar-refractivity contribution in [2.45, 2.75) is 25.8 Å². The molecule has 110 valence electrons. The number of fused-ring (bicyclic) bond motifs is 1. The minimum absolute atomic E-state index is 0.0743. The summed E-state index contributed by atoms with van der Waals surface area (Å²) >= 11 is 1.76. The zero-order chi connectivity index (χ0) is 15.0. The average Bonchev–Trinajstić information content (AvgIpc) is 3.11. The lowest BCUT2D eigenvalue weighted by atomic mass is 9.99. The van der Waals surface area contributed by atoms with Gasteiger partial charge in [0.15, 0.2) is 0 Å². The van der Waals surface area contributed by atoms with Crippen LogP contribution in [0.1, 0.15) is 34.2 Å². The Morgan fingerprint density at radius 2 is 2.10 bits per heavy atom. The van der Waals surface area contributed by atoms with Crippen LogP contribution in [0.2, 0.25) is 0 Å². The van der Waals surface area contributed by atoms with E-state index in [1.54, 1.807) is 11.3 Å². The van der Waals surface area contributed by atoms with Crippen molar-refractivity contribution in [2.75, 3.05) is 18.9 Å². The number of anilines is 1. The minimum atomic E-state index is -0.0743. The number of likely N-dealkylation sites (N-methyl/N-ethyl adjacent to an activating group) is 1. The molecule has 1 aliphatic rings. The van der Waals surface area contributed by atoms with E-state index >= 15 is 0 Å². The van der Waals surface area contributed by atoms with E-state index in [-0.39, 0.29) is 17.9 Å². The third-order valence-electron chi connectivity index (χ3n) is 4.23. The number of carbonyl (C=O) groups is 1. The first-order valence-electron chi connectivity index (χ1n) is 7.23. The first kappa shape index (κ1) is 14.1. The number of para-hydroxylation sites is 1. The molecule has 0 bridgehead atoms. The van der Waals surface area contributed by atoms with Crippen LogP contribution in [0.5, 0.6) is 0 Å². The Kier molecular flexibility index (Phi) is 3.72. The molecular formula is C17H20N2OS. The van der Waals surface area contributed by atoms with Gasteiger partial charge in [-0.2, -0.15) is 0 Å². The summed E-state index contributed by atoms with van der Waals surface area (Å²) in [5.41, 5.74) is 2.20. The predicted molar refractivity (Wildman–Crippen MR) is 87.9 cm³/mol. The van der Waals surface area contributed by atoms with E-state index in [0.29, 0.717) is 6.54 Å². The summed E-state index contributed by atoms with van der Waals surface area (Å²) in [4.78, 5) is 17.2. The fourth-order valence-corrected chi connectivity index (χ4v) is 3.78. The number of carbonyl (C=O) groups excluding carboxylic acids is 1. The monoisotopic (exact) mass is 300 g/mol. The molecule has 3 nitrogen and oxygen atoms in total. The van der Waals surface area contributed by atoms with Crippen molar-refractivity contribution in [3.8, 4) is 0 Å². The highest BCUT2D eigenvalue weighted by Crippen LogP contribution is 2.34. The van der Waals surface area contributed by atoms with Crippen LogP contribution >= 0.6 is 11.3 Å². The van der Waals surface area contributed by atoms with E-state index in [4.69, 9.17) is 0 Å². The van der Waals surface area contributed by atoms with Crippen LogP contribution in [0.25, 0.3) is 0 Å². The zero-order valence-corrected chi connectivity index (χ0v) is 13.4. The number of rotatable bonds is 3. The van der Waals surface area contributed by atoms with Gasteiger partial charge in [0, 0.05) is 29.0 Å². The van der Waals surface area contributed by atoms with Crippen LogP contribution in [0.15, 0.2) is 36.4 Å². The van der Waals surface area contributed by atoms with Crippen molar-refractivity contribution in [1.29, 1.82) is 0 Å². The summed E-state index contributed by atoms with van der Waals surface area (Å²) < 4.78 is 0. The quantitative estimate of drug-likeness (QED) is 0.935. The van der Waals surface area contributed by atoms with Crippen LogP contribution in [0.4, 0.5) is 5.69 Å². The molecule has 1 aromatic heterocycles. The lowest BCUT2D eigenvalue weighted by molar-refractivity contribution is -0.132. The molecule has 0 aliphatic carbocycles. The van der Waals surface area contributed by atoms with Crippen molar-refractivity contribution in [3.05, 3.63) is 51.7 Å². The average molecular weight is 300 g/mol. The molecule has 0 fully saturated rings. The number of nitrogens with zero attached hydrogens (tertiary/aromatic N) is 1. The maximum absolute atomic E-state index is 12.8. The van der Waals surface area contributed by atoms with Crippen molar-refractivity contribution in [2.24, 2.45) is 0 Å². The van der Waals surface area contributed by atoms with E-state index in [1.165, 1.54) is 9.75 Å². The molecular weight excluding hydrogens is 280 g/mol. The molecule has 0 spiro atoms. The summed E-state index contributed by atoms with van der Waals surface area (Å²) in [7, 11) is 1.91. The predicted octanol–water partition coefficient (Wildman–Crippen LogP) is 3.79. The lowest BCUT2D eigenvalue weighted by Crippen LogP contribution is -2.34. The highest BCUT2D eigenvalue weighted by atomic mass is 32.1. The largest absolute Gasteiger partial charge is 0.384 e. The van der Waals surface area contributed by atoms with Crippen molar-refractivity contribution in [3.63, 3.8) is 0 Å². The topological polar surface area (TPSA) is 32.3 Å². The smallest absolute Gasteiger partial charge is 0.232 e. The normalized spacial score (nSPS) is 18.0. The number of hydrogen-bond acceptors (Lipinski definition) is 3. The van der Waals surface area contributed by atoms with Crippen molar-refractivity contribution >= 4 is 22.9 Å². The van der Waals surface area contributed by atoms with Crippen LogP contribution in [-0.4, -0.2) is 24.4 Å². The second-order valence-electron chi connectivity index (χ2n) is 5.59. The molecule has 0 saturated heterocycles. The van der Waals surface area contributed by atoms with Crippen molar-refractivity contribution < 1.29 is 4.79 Å². The number of nitrogens with one attached hydrogen (secondary N) is 1. The highest BCUT2D eigenvalue weighted by molar-refractivity contribution is 7.12. The van der Waals surface area contributed by atoms with Crippen LogP contribution in [-0.2, 0) is 4.79 Å². The third-order valence-corrected chi connectivity index (χ3v) is 5.40. The Balaban J connectivity index is 1.79. The van der Waals surface area contributed by atoms with Gasteiger partial charge in [-0.05, 0) is 37.6 Å². The Morgan fingerprint density at radius 3 is 2.81 bits per heavy atom. The molecule has 2 unspecified atom stereocenters. The van der Waals surface area contributed by atoms with Gasteiger partial charge in [-0.15, -0.1) is 11.3 Å². The summed E-state index contributed by atoms with van der Waals surface area (Å²) in [6.07, 6.45) is 0. The molecule has 1 aromatic carbocycles. The van der Waals surface area contributed by atoms with Gasteiger partial charge in [0.2, 0.25) is 5.91 Å². The lowest BCUT2D eigenvalue weighted by Gasteiger charge is -2.27. The molecule has 3 rings (SSSR count). The molecule has 1 N–H and O–H groups in total. The zero-order valence-electron chi connectivity index (χ0n) is 12.6. The summed E-state index contributed by atoms with van der Waals surface area (Å²) in [5.74, 6) is 0.112. The van der Waals surface area contributed by atoms with Gasteiger partial charge in [0.25, 0.3) is 0 Å². The molecule has 1 aliphatic heterocycles. The second kappa shape index (κ2) is 5.53. The van der Waals surface area contributed by atoms with Crippen LogP contribution < -0.4 is 5.32 Å².